The highest BCUT2D eigenvalue weighted by atomic mass is 19.1. The molecule has 1 aromatic carbocycles. The van der Waals surface area contributed by atoms with Gasteiger partial charge in [-0.15, -0.1) is 0 Å². The normalized spacial score (nSPS) is 17.3. The number of carbonyl (C=O) groups is 1. The summed E-state index contributed by atoms with van der Waals surface area (Å²) >= 11 is 0. The number of halogens is 1. The first-order valence-corrected chi connectivity index (χ1v) is 8.88. The topological polar surface area (TPSA) is 88.6 Å². The van der Waals surface area contributed by atoms with Gasteiger partial charge in [0.25, 0.3) is 5.91 Å². The second-order valence-electron chi connectivity index (χ2n) is 6.74. The number of carbonyl (C=O) groups excluding carboxylic acids is 1. The first kappa shape index (κ1) is 19.3. The number of aliphatic hydroxyl groups excluding tert-OH is 2. The number of aryl methyl sites for hydroxylation is 1. The first-order valence-electron chi connectivity index (χ1n) is 8.88. The molecule has 0 aliphatic carbocycles. The molecule has 1 aromatic heterocycles. The molecule has 1 aliphatic heterocycles. The number of hydrogen-bond acceptors (Lipinski definition) is 4. The van der Waals surface area contributed by atoms with Gasteiger partial charge in [0.05, 0.1) is 5.57 Å². The van der Waals surface area contributed by atoms with Crippen LogP contribution in [-0.2, 0) is 4.79 Å². The number of anilines is 1. The third-order valence-corrected chi connectivity index (χ3v) is 5.00. The third-order valence-electron chi connectivity index (χ3n) is 5.00. The lowest BCUT2D eigenvalue weighted by Gasteiger charge is -2.29. The van der Waals surface area contributed by atoms with Gasteiger partial charge in [-0.2, -0.15) is 0 Å². The maximum atomic E-state index is 13.6. The standard InChI is InChI=1S/C20H24FN3O3/c1-5-24(12(4)25)20(27)18-10(2)17(22-11(18)3)9-15-14-8-13(21)6-7-16(14)23-19(15)26/h6-9,12,20,22,25,27H,5H2,1-4H3,(H,23,26)/b15-9-. The van der Waals surface area contributed by atoms with E-state index in [9.17, 15) is 19.4 Å². The number of benzene rings is 1. The summed E-state index contributed by atoms with van der Waals surface area (Å²) in [5, 5.41) is 23.3. The molecule has 2 atom stereocenters. The lowest BCUT2D eigenvalue weighted by molar-refractivity contribution is -0.110. The molecule has 2 heterocycles. The predicted molar refractivity (Wildman–Crippen MR) is 102 cm³/mol. The molecule has 0 spiro atoms. The van der Waals surface area contributed by atoms with Crippen LogP contribution in [0.1, 0.15) is 48.2 Å². The Balaban J connectivity index is 2.05. The van der Waals surface area contributed by atoms with Crippen molar-refractivity contribution in [3.63, 3.8) is 0 Å². The van der Waals surface area contributed by atoms with Gasteiger partial charge < -0.3 is 20.5 Å². The smallest absolute Gasteiger partial charge is 0.256 e. The van der Waals surface area contributed by atoms with Crippen LogP contribution in [0.4, 0.5) is 10.1 Å². The highest BCUT2D eigenvalue weighted by molar-refractivity contribution is 6.34. The maximum absolute atomic E-state index is 13.6. The van der Waals surface area contributed by atoms with Crippen LogP contribution in [0.25, 0.3) is 11.6 Å². The molecule has 0 radical (unpaired) electrons. The van der Waals surface area contributed by atoms with Crippen LogP contribution >= 0.6 is 0 Å². The van der Waals surface area contributed by atoms with Crippen molar-refractivity contribution in [3.8, 4) is 0 Å². The summed E-state index contributed by atoms with van der Waals surface area (Å²) < 4.78 is 13.6. The molecule has 0 saturated carbocycles. The van der Waals surface area contributed by atoms with Gasteiger partial charge in [0.1, 0.15) is 18.3 Å². The molecule has 3 rings (SSSR count). The third kappa shape index (κ3) is 3.41. The van der Waals surface area contributed by atoms with Crippen molar-refractivity contribution in [2.45, 2.75) is 40.2 Å². The van der Waals surface area contributed by atoms with E-state index in [2.05, 4.69) is 10.3 Å². The van der Waals surface area contributed by atoms with Gasteiger partial charge >= 0.3 is 0 Å². The highest BCUT2D eigenvalue weighted by Crippen LogP contribution is 2.35. The molecule has 0 bridgehead atoms. The number of amides is 1. The Morgan fingerprint density at radius 2 is 2.00 bits per heavy atom. The second-order valence-corrected chi connectivity index (χ2v) is 6.74. The number of H-pyrrole nitrogens is 1. The van der Waals surface area contributed by atoms with Gasteiger partial charge in [-0.3, -0.25) is 4.79 Å². The Morgan fingerprint density at radius 1 is 1.30 bits per heavy atom. The fourth-order valence-electron chi connectivity index (χ4n) is 3.58. The Morgan fingerprint density at radius 3 is 2.63 bits per heavy atom. The molecular weight excluding hydrogens is 349 g/mol. The molecule has 4 N–H and O–H groups in total. The molecule has 6 nitrogen and oxygen atoms in total. The van der Waals surface area contributed by atoms with E-state index < -0.39 is 18.3 Å². The minimum Gasteiger partial charge on any atom is -0.379 e. The monoisotopic (exact) mass is 373 g/mol. The zero-order valence-electron chi connectivity index (χ0n) is 15.8. The quantitative estimate of drug-likeness (QED) is 0.479. The number of hydrogen-bond donors (Lipinski definition) is 4. The molecule has 0 saturated heterocycles. The summed E-state index contributed by atoms with van der Waals surface area (Å²) in [5.74, 6) is -0.717. The van der Waals surface area contributed by atoms with Crippen molar-refractivity contribution in [2.24, 2.45) is 0 Å². The van der Waals surface area contributed by atoms with Crippen LogP contribution in [0.15, 0.2) is 18.2 Å². The van der Waals surface area contributed by atoms with Crippen molar-refractivity contribution in [1.82, 2.24) is 9.88 Å². The van der Waals surface area contributed by atoms with Crippen molar-refractivity contribution in [1.29, 1.82) is 0 Å². The van der Waals surface area contributed by atoms with Crippen LogP contribution < -0.4 is 5.32 Å². The Hall–Kier alpha value is -2.48. The lowest BCUT2D eigenvalue weighted by atomic mass is 10.0. The summed E-state index contributed by atoms with van der Waals surface area (Å²) in [6.07, 6.45) is -0.130. The molecular formula is C20H24FN3O3. The Labute approximate surface area is 157 Å². The van der Waals surface area contributed by atoms with E-state index >= 15 is 0 Å². The maximum Gasteiger partial charge on any atom is 0.256 e. The highest BCUT2D eigenvalue weighted by Gasteiger charge is 2.28. The molecule has 1 aliphatic rings. The number of aromatic nitrogens is 1. The van der Waals surface area contributed by atoms with E-state index in [0.717, 1.165) is 11.3 Å². The van der Waals surface area contributed by atoms with Crippen LogP contribution in [-0.4, -0.2) is 38.8 Å². The summed E-state index contributed by atoms with van der Waals surface area (Å²) in [7, 11) is 0. The Bertz CT molecular complexity index is 917. The number of fused-ring (bicyclic) bond motifs is 1. The second kappa shape index (κ2) is 7.26. The minimum absolute atomic E-state index is 0.302. The summed E-state index contributed by atoms with van der Waals surface area (Å²) in [4.78, 5) is 17.1. The van der Waals surface area contributed by atoms with Gasteiger partial charge in [-0.05, 0) is 50.6 Å². The molecule has 27 heavy (non-hydrogen) atoms. The summed E-state index contributed by atoms with van der Waals surface area (Å²) in [5.41, 5.74) is 4.26. The van der Waals surface area contributed by atoms with Crippen LogP contribution in [0.3, 0.4) is 0 Å². The van der Waals surface area contributed by atoms with Crippen molar-refractivity contribution in [2.75, 3.05) is 11.9 Å². The largest absolute Gasteiger partial charge is 0.379 e. The Kier molecular flexibility index (Phi) is 5.19. The van der Waals surface area contributed by atoms with Crippen molar-refractivity contribution >= 4 is 23.2 Å². The van der Waals surface area contributed by atoms with Gasteiger partial charge in [-0.25, -0.2) is 9.29 Å². The van der Waals surface area contributed by atoms with Crippen molar-refractivity contribution < 1.29 is 19.4 Å². The predicted octanol–water partition coefficient (Wildman–Crippen LogP) is 2.91. The van der Waals surface area contributed by atoms with Gasteiger partial charge in [0.15, 0.2) is 0 Å². The fourth-order valence-corrected chi connectivity index (χ4v) is 3.58. The number of aliphatic hydroxyl groups is 2. The average Bonchev–Trinajstić information content (AvgIpc) is 3.04. The van der Waals surface area contributed by atoms with Gasteiger partial charge in [0, 0.05) is 34.7 Å². The number of aromatic amines is 1. The lowest BCUT2D eigenvalue weighted by Crippen LogP contribution is -2.36. The summed E-state index contributed by atoms with van der Waals surface area (Å²) in [6, 6.07) is 4.16. The van der Waals surface area contributed by atoms with E-state index in [1.807, 2.05) is 20.8 Å². The van der Waals surface area contributed by atoms with Crippen molar-refractivity contribution in [3.05, 3.63) is 52.1 Å². The number of nitrogens with zero attached hydrogens (tertiary/aromatic N) is 1. The number of nitrogens with one attached hydrogen (secondary N) is 2. The van der Waals surface area contributed by atoms with E-state index in [-0.39, 0.29) is 5.91 Å². The molecule has 0 fully saturated rings. The van der Waals surface area contributed by atoms with E-state index in [1.165, 1.54) is 18.2 Å². The van der Waals surface area contributed by atoms with Crippen LogP contribution in [0.2, 0.25) is 0 Å². The van der Waals surface area contributed by atoms with E-state index in [1.54, 1.807) is 17.9 Å². The van der Waals surface area contributed by atoms with Crippen LogP contribution in [0.5, 0.6) is 0 Å². The zero-order chi connectivity index (χ0) is 19.9. The molecule has 144 valence electrons. The molecule has 2 aromatic rings. The SMILES string of the molecule is CCN(C(C)O)C(O)c1c(C)[nH]c(/C=C2\C(=O)Nc3ccc(F)cc32)c1C. The first-order chi connectivity index (χ1) is 12.7. The van der Waals surface area contributed by atoms with E-state index in [4.69, 9.17) is 0 Å². The van der Waals surface area contributed by atoms with Crippen LogP contribution in [0, 0.1) is 19.7 Å². The molecule has 1 amide bonds. The molecule has 7 heteroatoms. The van der Waals surface area contributed by atoms with Gasteiger partial charge in [0.2, 0.25) is 0 Å². The fraction of sp³-hybridized carbons (Fsp3) is 0.350. The summed E-state index contributed by atoms with van der Waals surface area (Å²) in [6.45, 7) is 7.58. The van der Waals surface area contributed by atoms with Gasteiger partial charge in [-0.1, -0.05) is 6.92 Å². The molecule has 2 unspecified atom stereocenters. The number of rotatable bonds is 5. The average molecular weight is 373 g/mol. The minimum atomic E-state index is -0.986. The van der Waals surface area contributed by atoms with E-state index in [0.29, 0.717) is 34.6 Å². The zero-order valence-corrected chi connectivity index (χ0v) is 15.8.